The van der Waals surface area contributed by atoms with Crippen molar-refractivity contribution in [3.05, 3.63) is 0 Å². The zero-order valence-corrected chi connectivity index (χ0v) is 10.2. The fourth-order valence-electron chi connectivity index (χ4n) is 0. The molecule has 0 rings (SSSR count). The van der Waals surface area contributed by atoms with Crippen molar-refractivity contribution >= 4 is 73.5 Å². The van der Waals surface area contributed by atoms with Gasteiger partial charge >= 0.3 is 43.3 Å². The third-order valence-corrected chi connectivity index (χ3v) is 0. The molecule has 0 heterocycles. The maximum Gasteiger partial charge on any atom is 3.00 e. The molecule has 0 saturated heterocycles. The molecule has 0 fully saturated rings. The SMILES string of the molecule is C=O.[Bi+3].[Fe+3].[S-2].[S-2].[S-2]. The zero-order valence-electron chi connectivity index (χ0n) is 3.14. The topological polar surface area (TPSA) is 17.1 Å². The molecule has 43 valence electrons. The Morgan fingerprint density at radius 2 is 0.857 bits per heavy atom. The summed E-state index contributed by atoms with van der Waals surface area (Å²) >= 11 is 0. The van der Waals surface area contributed by atoms with E-state index in [0.29, 0.717) is 0 Å². The van der Waals surface area contributed by atoms with Crippen LogP contribution >= 0.6 is 0 Å². The molecule has 7 heavy (non-hydrogen) atoms. The second-order valence-corrected chi connectivity index (χ2v) is 0. The molecule has 3 radical (unpaired) electrons. The van der Waals surface area contributed by atoms with E-state index in [2.05, 4.69) is 0 Å². The van der Waals surface area contributed by atoms with Gasteiger partial charge in [0.15, 0.2) is 0 Å². The molecule has 0 aromatic rings. The van der Waals surface area contributed by atoms with Crippen molar-refractivity contribution in [2.75, 3.05) is 0 Å². The second-order valence-electron chi connectivity index (χ2n) is 0. The first kappa shape index (κ1) is 61.7. The van der Waals surface area contributed by atoms with Crippen molar-refractivity contribution in [3.8, 4) is 0 Å². The summed E-state index contributed by atoms with van der Waals surface area (Å²) in [5.41, 5.74) is 0. The van der Waals surface area contributed by atoms with Gasteiger partial charge in [0.2, 0.25) is 0 Å². The molecule has 0 bridgehead atoms. The molecule has 0 saturated carbocycles. The fraction of sp³-hybridized carbons (Fsp3) is 0. The maximum absolute atomic E-state index is 8.00. The van der Waals surface area contributed by atoms with Crippen LogP contribution in [0, 0.1) is 0 Å². The number of rotatable bonds is 0. The third-order valence-electron chi connectivity index (χ3n) is 0. The summed E-state index contributed by atoms with van der Waals surface area (Å²) in [6, 6.07) is 0. The predicted molar refractivity (Wildman–Crippen MR) is 35.0 cm³/mol. The van der Waals surface area contributed by atoms with E-state index in [1.54, 1.807) is 0 Å². The van der Waals surface area contributed by atoms with E-state index >= 15 is 0 Å². The molecule has 0 atom stereocenters. The van der Waals surface area contributed by atoms with Gasteiger partial charge in [-0.1, -0.05) is 0 Å². The van der Waals surface area contributed by atoms with Gasteiger partial charge in [-0.15, -0.1) is 0 Å². The Labute approximate surface area is 94.3 Å². The molecule has 0 aromatic carbocycles. The van der Waals surface area contributed by atoms with Crippen LogP contribution in [0.2, 0.25) is 0 Å². The van der Waals surface area contributed by atoms with Gasteiger partial charge in [-0.2, -0.15) is 0 Å². The molecule has 0 aliphatic heterocycles. The molecule has 0 aliphatic carbocycles. The van der Waals surface area contributed by atoms with Gasteiger partial charge in [-0.3, -0.25) is 0 Å². The smallest absolute Gasteiger partial charge is 2.00 e. The summed E-state index contributed by atoms with van der Waals surface area (Å²) in [4.78, 5) is 8.00. The molecule has 6 heteroatoms. The van der Waals surface area contributed by atoms with Crippen LogP contribution in [0.3, 0.4) is 0 Å². The Morgan fingerprint density at radius 3 is 0.857 bits per heavy atom. The first-order chi connectivity index (χ1) is 1.00. The van der Waals surface area contributed by atoms with Crippen LogP contribution in [-0.4, -0.2) is 33.0 Å². The monoisotopic (exact) mass is 391 g/mol. The average molecular weight is 391 g/mol. The van der Waals surface area contributed by atoms with Crippen molar-refractivity contribution in [2.45, 2.75) is 0 Å². The van der Waals surface area contributed by atoms with Gasteiger partial charge in [-0.05, 0) is 0 Å². The largest absolute Gasteiger partial charge is 3.00 e. The third kappa shape index (κ3) is 67.6. The molecular weight excluding hydrogens is 389 g/mol. The fourth-order valence-corrected chi connectivity index (χ4v) is 0. The van der Waals surface area contributed by atoms with Crippen LogP contribution in [0.15, 0.2) is 0 Å². The Morgan fingerprint density at radius 1 is 0.857 bits per heavy atom. The van der Waals surface area contributed by atoms with Gasteiger partial charge in [0.05, 0.1) is 0 Å². The van der Waals surface area contributed by atoms with Gasteiger partial charge in [0.1, 0.15) is 6.79 Å². The van der Waals surface area contributed by atoms with Crippen LogP contribution in [0.4, 0.5) is 0 Å². The summed E-state index contributed by atoms with van der Waals surface area (Å²) in [6.45, 7) is 2.00. The summed E-state index contributed by atoms with van der Waals surface area (Å²) in [6.07, 6.45) is 0. The zero-order chi connectivity index (χ0) is 2.00. The van der Waals surface area contributed by atoms with E-state index in [4.69, 9.17) is 4.79 Å². The molecule has 0 aromatic heterocycles. The molecule has 0 N–H and O–H groups in total. The Kier molecular flexibility index (Phi) is 807. The van der Waals surface area contributed by atoms with E-state index in [1.165, 1.54) is 0 Å². The minimum Gasteiger partial charge on any atom is -2.00 e. The van der Waals surface area contributed by atoms with Crippen molar-refractivity contribution < 1.29 is 21.9 Å². The van der Waals surface area contributed by atoms with Gasteiger partial charge < -0.3 is 45.3 Å². The van der Waals surface area contributed by atoms with E-state index in [0.717, 1.165) is 0 Å². The van der Waals surface area contributed by atoms with Gasteiger partial charge in [0.25, 0.3) is 0 Å². The Balaban J connectivity index is -0.000000000500. The average Bonchev–Trinajstić information content (AvgIpc) is 1.00. The summed E-state index contributed by atoms with van der Waals surface area (Å²) in [7, 11) is 0. The van der Waals surface area contributed by atoms with Crippen LogP contribution in [-0.2, 0) is 62.4 Å². The van der Waals surface area contributed by atoms with Gasteiger partial charge in [-0.25, -0.2) is 0 Å². The second kappa shape index (κ2) is 91.5. The van der Waals surface area contributed by atoms with Crippen LogP contribution in [0.1, 0.15) is 0 Å². The van der Waals surface area contributed by atoms with E-state index in [9.17, 15) is 0 Å². The molecular formula is CH2BiFeOS3. The molecule has 0 spiro atoms. The molecule has 0 aliphatic rings. The summed E-state index contributed by atoms with van der Waals surface area (Å²) in [5, 5.41) is 0. The van der Waals surface area contributed by atoms with E-state index in [-0.39, 0.29) is 83.8 Å². The van der Waals surface area contributed by atoms with Crippen molar-refractivity contribution in [1.29, 1.82) is 0 Å². The Hall–Kier alpha value is 2.12. The summed E-state index contributed by atoms with van der Waals surface area (Å²) in [5.74, 6) is 0. The van der Waals surface area contributed by atoms with Crippen molar-refractivity contribution in [2.24, 2.45) is 0 Å². The normalized spacial score (nSPS) is 0.571. The first-order valence-corrected chi connectivity index (χ1v) is 0.289. The Bertz CT molecular complexity index is 14.9. The minimum absolute atomic E-state index is 0. The number of carbonyl (C=O) groups excluding carboxylic acids is 1. The van der Waals surface area contributed by atoms with Crippen LogP contribution in [0.25, 0.3) is 0 Å². The number of hydrogen-bond acceptors (Lipinski definition) is 1. The van der Waals surface area contributed by atoms with Crippen LogP contribution < -0.4 is 0 Å². The first-order valence-electron chi connectivity index (χ1n) is 0.289. The van der Waals surface area contributed by atoms with Gasteiger partial charge in [0, 0.05) is 0 Å². The number of hydrogen-bond donors (Lipinski definition) is 0. The molecule has 0 unspecified atom stereocenters. The predicted octanol–water partition coefficient (Wildman–Crippen LogP) is -0.575. The standard InChI is InChI=1S/CH2O.Bi.Fe.3S/c1-2;;;;;/h1H2;;;;;/q;2*+3;3*-2. The molecule has 1 nitrogen and oxygen atoms in total. The van der Waals surface area contributed by atoms with Crippen molar-refractivity contribution in [3.63, 3.8) is 0 Å². The van der Waals surface area contributed by atoms with Crippen LogP contribution in [0.5, 0.6) is 0 Å². The van der Waals surface area contributed by atoms with E-state index < -0.39 is 0 Å². The number of carbonyl (C=O) groups is 1. The minimum atomic E-state index is 0. The maximum atomic E-state index is 8.00. The van der Waals surface area contributed by atoms with Crippen molar-refractivity contribution in [1.82, 2.24) is 0 Å². The quantitative estimate of drug-likeness (QED) is 0.506. The molecule has 0 amide bonds. The van der Waals surface area contributed by atoms with E-state index in [1.807, 2.05) is 6.79 Å². The summed E-state index contributed by atoms with van der Waals surface area (Å²) < 4.78 is 0.